The fourth-order valence-corrected chi connectivity index (χ4v) is 3.57. The Hall–Kier alpha value is -1.32. The van der Waals surface area contributed by atoms with Gasteiger partial charge in [-0.15, -0.1) is 22.9 Å². The molecule has 3 aromatic rings. The number of halogens is 1. The Bertz CT molecular complexity index is 655. The van der Waals surface area contributed by atoms with Crippen molar-refractivity contribution in [3.8, 4) is 0 Å². The maximum atomic E-state index is 6.50. The van der Waals surface area contributed by atoms with Gasteiger partial charge >= 0.3 is 0 Å². The van der Waals surface area contributed by atoms with Crippen LogP contribution in [-0.4, -0.2) is 4.98 Å². The van der Waals surface area contributed by atoms with Crippen LogP contribution in [0.4, 0.5) is 0 Å². The molecule has 0 fully saturated rings. The van der Waals surface area contributed by atoms with Crippen molar-refractivity contribution in [3.63, 3.8) is 0 Å². The molecule has 1 unspecified atom stereocenters. The van der Waals surface area contributed by atoms with E-state index < -0.39 is 0 Å². The summed E-state index contributed by atoms with van der Waals surface area (Å²) in [4.78, 5) is 5.70. The Morgan fingerprint density at radius 1 is 1.32 bits per heavy atom. The number of thiophene rings is 1. The van der Waals surface area contributed by atoms with Gasteiger partial charge in [-0.05, 0) is 35.6 Å². The van der Waals surface area contributed by atoms with E-state index in [1.807, 2.05) is 24.3 Å². The molecule has 1 aromatic carbocycles. The van der Waals surface area contributed by atoms with Crippen LogP contribution in [0.3, 0.4) is 0 Å². The molecule has 0 saturated carbocycles. The average molecular weight is 292 g/mol. The maximum absolute atomic E-state index is 6.50. The van der Waals surface area contributed by atoms with Crippen molar-refractivity contribution in [2.75, 3.05) is 0 Å². The van der Waals surface area contributed by atoms with Gasteiger partial charge in [-0.3, -0.25) is 0 Å². The minimum absolute atomic E-state index is 0.0667. The highest BCUT2D eigenvalue weighted by atomic mass is 35.5. The second kappa shape index (κ2) is 5.35. The van der Waals surface area contributed by atoms with Crippen LogP contribution in [0.1, 0.15) is 28.6 Å². The van der Waals surface area contributed by atoms with Crippen LogP contribution in [-0.2, 0) is 12.8 Å². The third kappa shape index (κ3) is 2.53. The smallest absolute Gasteiger partial charge is 0.197 e. The summed E-state index contributed by atoms with van der Waals surface area (Å²) in [6.07, 6.45) is 1.64. The number of alkyl halides is 1. The fraction of sp³-hybridized carbons (Fsp3) is 0.267. The molecule has 0 aliphatic rings. The van der Waals surface area contributed by atoms with Gasteiger partial charge in [-0.25, -0.2) is 4.98 Å². The number of hydrogen-bond acceptors (Lipinski definition) is 3. The lowest BCUT2D eigenvalue weighted by atomic mass is 10.1. The monoisotopic (exact) mass is 291 g/mol. The number of aromatic nitrogens is 1. The Kier molecular flexibility index (Phi) is 3.58. The third-order valence-corrected chi connectivity index (χ3v) is 4.71. The molecule has 0 N–H and O–H groups in total. The first kappa shape index (κ1) is 12.7. The number of para-hydroxylation sites is 2. The molecule has 19 heavy (non-hydrogen) atoms. The van der Waals surface area contributed by atoms with Crippen LogP contribution in [0.5, 0.6) is 0 Å². The molecule has 3 rings (SSSR count). The van der Waals surface area contributed by atoms with Crippen LogP contribution in [0.15, 0.2) is 40.1 Å². The summed E-state index contributed by atoms with van der Waals surface area (Å²) in [5, 5.41) is 2.03. The molecule has 0 amide bonds. The lowest BCUT2D eigenvalue weighted by molar-refractivity contribution is 0.525. The lowest BCUT2D eigenvalue weighted by Crippen LogP contribution is -1.96. The summed E-state index contributed by atoms with van der Waals surface area (Å²) in [7, 11) is 0. The number of fused-ring (bicyclic) bond motifs is 1. The Balaban J connectivity index is 1.84. The normalized spacial score (nSPS) is 12.9. The predicted molar refractivity (Wildman–Crippen MR) is 80.0 cm³/mol. The molecule has 0 bridgehead atoms. The molecule has 0 aliphatic heterocycles. The summed E-state index contributed by atoms with van der Waals surface area (Å²) in [5.74, 6) is 0.705. The van der Waals surface area contributed by atoms with Crippen LogP contribution >= 0.6 is 22.9 Å². The minimum Gasteiger partial charge on any atom is -0.441 e. The molecule has 0 saturated heterocycles. The Morgan fingerprint density at radius 3 is 2.95 bits per heavy atom. The first-order valence-electron chi connectivity index (χ1n) is 6.32. The summed E-state index contributed by atoms with van der Waals surface area (Å²) in [6, 6.07) is 9.93. The maximum Gasteiger partial charge on any atom is 0.197 e. The predicted octanol–water partition coefficient (Wildman–Crippen LogP) is 4.97. The number of hydrogen-bond donors (Lipinski definition) is 0. The number of aryl methyl sites for hydroxylation is 1. The second-order valence-electron chi connectivity index (χ2n) is 4.41. The van der Waals surface area contributed by atoms with Crippen molar-refractivity contribution in [3.05, 3.63) is 52.0 Å². The average Bonchev–Trinajstić information content (AvgIpc) is 3.03. The van der Waals surface area contributed by atoms with Crippen molar-refractivity contribution < 1.29 is 4.42 Å². The zero-order valence-corrected chi connectivity index (χ0v) is 12.2. The highest BCUT2D eigenvalue weighted by Crippen LogP contribution is 2.32. The van der Waals surface area contributed by atoms with Gasteiger partial charge in [0.25, 0.3) is 0 Å². The van der Waals surface area contributed by atoms with E-state index in [0.717, 1.165) is 17.5 Å². The molecule has 98 valence electrons. The zero-order valence-electron chi connectivity index (χ0n) is 10.6. The summed E-state index contributed by atoms with van der Waals surface area (Å²) >= 11 is 8.21. The number of rotatable bonds is 4. The van der Waals surface area contributed by atoms with Crippen molar-refractivity contribution in [2.45, 2.75) is 25.1 Å². The molecule has 0 aliphatic carbocycles. The van der Waals surface area contributed by atoms with Gasteiger partial charge in [0.05, 0.1) is 5.38 Å². The van der Waals surface area contributed by atoms with E-state index in [9.17, 15) is 0 Å². The van der Waals surface area contributed by atoms with Gasteiger partial charge in [0, 0.05) is 11.3 Å². The molecule has 0 radical (unpaired) electrons. The van der Waals surface area contributed by atoms with Gasteiger partial charge in [0.2, 0.25) is 0 Å². The second-order valence-corrected chi connectivity index (χ2v) is 5.89. The summed E-state index contributed by atoms with van der Waals surface area (Å²) in [6.45, 7) is 2.15. The lowest BCUT2D eigenvalue weighted by Gasteiger charge is -2.07. The van der Waals surface area contributed by atoms with Crippen molar-refractivity contribution in [1.82, 2.24) is 4.98 Å². The largest absolute Gasteiger partial charge is 0.441 e. The third-order valence-electron chi connectivity index (χ3n) is 3.14. The van der Waals surface area contributed by atoms with E-state index in [-0.39, 0.29) is 5.38 Å². The van der Waals surface area contributed by atoms with Gasteiger partial charge < -0.3 is 4.42 Å². The molecule has 2 aromatic heterocycles. The molecular formula is C15H14ClNOS. The van der Waals surface area contributed by atoms with Gasteiger partial charge in [-0.2, -0.15) is 0 Å². The van der Waals surface area contributed by atoms with E-state index in [2.05, 4.69) is 23.4 Å². The SMILES string of the molecule is CCc1ccsc1C(Cl)Cc1nc2ccccc2o1. The van der Waals surface area contributed by atoms with Crippen molar-refractivity contribution in [2.24, 2.45) is 0 Å². The van der Waals surface area contributed by atoms with E-state index in [1.54, 1.807) is 11.3 Å². The number of benzene rings is 1. The van der Waals surface area contributed by atoms with E-state index in [1.165, 1.54) is 10.4 Å². The summed E-state index contributed by atoms with van der Waals surface area (Å²) in [5.41, 5.74) is 3.03. The quantitative estimate of drug-likeness (QED) is 0.634. The highest BCUT2D eigenvalue weighted by Gasteiger charge is 2.17. The Morgan fingerprint density at radius 2 is 2.16 bits per heavy atom. The van der Waals surface area contributed by atoms with E-state index in [0.29, 0.717) is 12.3 Å². The van der Waals surface area contributed by atoms with Crippen LogP contribution < -0.4 is 0 Å². The first-order valence-corrected chi connectivity index (χ1v) is 7.64. The molecule has 0 spiro atoms. The summed E-state index contributed by atoms with van der Waals surface area (Å²) < 4.78 is 5.72. The first-order chi connectivity index (χ1) is 9.28. The molecular weight excluding hydrogens is 278 g/mol. The Labute approximate surface area is 121 Å². The van der Waals surface area contributed by atoms with Crippen LogP contribution in [0.2, 0.25) is 0 Å². The van der Waals surface area contributed by atoms with Crippen LogP contribution in [0.25, 0.3) is 11.1 Å². The number of nitrogens with zero attached hydrogens (tertiary/aromatic N) is 1. The van der Waals surface area contributed by atoms with Crippen LogP contribution in [0, 0.1) is 0 Å². The van der Waals surface area contributed by atoms with Gasteiger partial charge in [0.15, 0.2) is 11.5 Å². The standard InChI is InChI=1S/C15H14ClNOS/c1-2-10-7-8-19-15(10)11(16)9-14-17-12-5-3-4-6-13(12)18-14/h3-8,11H,2,9H2,1H3. The fourth-order valence-electron chi connectivity index (χ4n) is 2.17. The minimum atomic E-state index is -0.0667. The van der Waals surface area contributed by atoms with Crippen molar-refractivity contribution in [1.29, 1.82) is 0 Å². The molecule has 1 atom stereocenters. The topological polar surface area (TPSA) is 26.0 Å². The molecule has 2 heterocycles. The van der Waals surface area contributed by atoms with E-state index in [4.69, 9.17) is 16.0 Å². The number of oxazole rings is 1. The van der Waals surface area contributed by atoms with Crippen molar-refractivity contribution >= 4 is 34.0 Å². The molecule has 4 heteroatoms. The van der Waals surface area contributed by atoms with Gasteiger partial charge in [0.1, 0.15) is 5.52 Å². The zero-order chi connectivity index (χ0) is 13.2. The van der Waals surface area contributed by atoms with E-state index >= 15 is 0 Å². The highest BCUT2D eigenvalue weighted by molar-refractivity contribution is 7.10. The molecule has 2 nitrogen and oxygen atoms in total. The van der Waals surface area contributed by atoms with Gasteiger partial charge in [-0.1, -0.05) is 19.1 Å².